The maximum absolute atomic E-state index is 14.8. The number of carbonyl (C=O) groups excluding carboxylic acids is 2. The van der Waals surface area contributed by atoms with Crippen LogP contribution in [0, 0.1) is 11.8 Å². The highest BCUT2D eigenvalue weighted by Gasteiger charge is 2.27. The van der Waals surface area contributed by atoms with Gasteiger partial charge in [0.15, 0.2) is 12.5 Å². The Bertz CT molecular complexity index is 1650. The molecule has 0 radical (unpaired) electrons. The van der Waals surface area contributed by atoms with Crippen molar-refractivity contribution in [2.45, 2.75) is 64.3 Å². The van der Waals surface area contributed by atoms with Crippen LogP contribution in [0.1, 0.15) is 62.0 Å². The first kappa shape index (κ1) is 30.9. The van der Waals surface area contributed by atoms with Gasteiger partial charge >= 0.3 is 11.9 Å². The fourth-order valence-corrected chi connectivity index (χ4v) is 5.58. The number of aliphatic carboxylic acids is 1. The van der Waals surface area contributed by atoms with Crippen molar-refractivity contribution in [2.24, 2.45) is 0 Å². The summed E-state index contributed by atoms with van der Waals surface area (Å²) in [4.78, 5) is 43.6. The summed E-state index contributed by atoms with van der Waals surface area (Å²) in [6, 6.07) is 1.84. The number of nitrogens with zero attached hydrogens (tertiary/aromatic N) is 6. The molecule has 4 aromatic heterocycles. The van der Waals surface area contributed by atoms with Crippen LogP contribution in [0.4, 0.5) is 14.5 Å². The number of ether oxygens (including phenoxy) is 2. The summed E-state index contributed by atoms with van der Waals surface area (Å²) in [7, 11) is 0. The number of esters is 1. The Kier molecular flexibility index (Phi) is 9.69. The number of carboxylic acid groups (broad SMARTS) is 1. The van der Waals surface area contributed by atoms with Gasteiger partial charge in [-0.2, -0.15) is 14.6 Å². The zero-order chi connectivity index (χ0) is 31.2. The number of carboxylic acids is 1. The van der Waals surface area contributed by atoms with Gasteiger partial charge in [0, 0.05) is 29.9 Å². The van der Waals surface area contributed by atoms with Crippen LogP contribution < -0.4 is 5.32 Å². The van der Waals surface area contributed by atoms with Crippen LogP contribution in [0.3, 0.4) is 0 Å². The van der Waals surface area contributed by atoms with Crippen molar-refractivity contribution in [3.05, 3.63) is 53.6 Å². The molecule has 0 spiro atoms. The number of anilines is 1. The Morgan fingerprint density at radius 2 is 1.89 bits per heavy atom. The molecule has 16 heteroatoms. The number of rotatable bonds is 12. The van der Waals surface area contributed by atoms with E-state index in [1.807, 2.05) is 6.92 Å². The minimum atomic E-state index is -1.10. The number of hydrogen-bond acceptors (Lipinski definition) is 10. The highest BCUT2D eigenvalue weighted by molar-refractivity contribution is 7.13. The number of amides is 1. The van der Waals surface area contributed by atoms with E-state index in [0.717, 1.165) is 37.8 Å². The third kappa shape index (κ3) is 7.49. The molecule has 5 rings (SSSR count). The van der Waals surface area contributed by atoms with Crippen LogP contribution in [0.5, 0.6) is 0 Å². The van der Waals surface area contributed by atoms with Crippen LogP contribution in [0.2, 0.25) is 0 Å². The van der Waals surface area contributed by atoms with E-state index >= 15 is 0 Å². The molecule has 0 unspecified atom stereocenters. The zero-order valence-electron chi connectivity index (χ0n) is 23.6. The van der Waals surface area contributed by atoms with E-state index in [2.05, 4.69) is 25.5 Å². The molecule has 4 aromatic rings. The molecule has 1 aliphatic rings. The largest absolute Gasteiger partial charge is 0.481 e. The fraction of sp³-hybridized carbons (Fsp3) is 0.393. The Balaban J connectivity index is 1.30. The summed E-state index contributed by atoms with van der Waals surface area (Å²) < 4.78 is 42.5. The smallest absolute Gasteiger partial charge is 0.308 e. The van der Waals surface area contributed by atoms with E-state index in [-0.39, 0.29) is 54.5 Å². The van der Waals surface area contributed by atoms with E-state index in [0.29, 0.717) is 17.2 Å². The number of aromatic nitrogens is 6. The average molecular weight is 630 g/mol. The molecule has 13 nitrogen and oxygen atoms in total. The lowest BCUT2D eigenvalue weighted by atomic mass is 9.93. The summed E-state index contributed by atoms with van der Waals surface area (Å²) in [6.07, 6.45) is 7.40. The molecule has 44 heavy (non-hydrogen) atoms. The summed E-state index contributed by atoms with van der Waals surface area (Å²) in [5.74, 6) is -4.04. The third-order valence-electron chi connectivity index (χ3n) is 6.95. The Morgan fingerprint density at radius 3 is 2.64 bits per heavy atom. The van der Waals surface area contributed by atoms with Crippen LogP contribution >= 0.6 is 11.3 Å². The monoisotopic (exact) mass is 629 g/mol. The van der Waals surface area contributed by atoms with Crippen molar-refractivity contribution in [3.8, 4) is 22.0 Å². The predicted molar refractivity (Wildman–Crippen MR) is 153 cm³/mol. The molecule has 0 saturated heterocycles. The summed E-state index contributed by atoms with van der Waals surface area (Å²) in [5.41, 5.74) is 0.458. The summed E-state index contributed by atoms with van der Waals surface area (Å²) in [6.45, 7) is 2.36. The molecule has 1 saturated carbocycles. The van der Waals surface area contributed by atoms with Crippen LogP contribution in [0.15, 0.2) is 36.1 Å². The highest BCUT2D eigenvalue weighted by Crippen LogP contribution is 2.34. The molecule has 232 valence electrons. The third-order valence-corrected chi connectivity index (χ3v) is 7.85. The van der Waals surface area contributed by atoms with E-state index in [1.165, 1.54) is 27.6 Å². The van der Waals surface area contributed by atoms with E-state index in [1.54, 1.807) is 17.1 Å². The normalized spacial score (nSPS) is 16.5. The minimum Gasteiger partial charge on any atom is -0.481 e. The fourth-order valence-electron chi connectivity index (χ4n) is 4.80. The second-order valence-corrected chi connectivity index (χ2v) is 10.9. The maximum Gasteiger partial charge on any atom is 0.308 e. The molecule has 1 fully saturated rings. The van der Waals surface area contributed by atoms with Gasteiger partial charge in [0.25, 0.3) is 5.91 Å². The molecule has 0 aromatic carbocycles. The van der Waals surface area contributed by atoms with Crippen LogP contribution in [-0.2, 0) is 25.8 Å². The number of nitrogens with one attached hydrogen (secondary N) is 1. The van der Waals surface area contributed by atoms with Gasteiger partial charge in [-0.05, 0) is 44.7 Å². The van der Waals surface area contributed by atoms with Gasteiger partial charge in [-0.25, -0.2) is 19.0 Å². The molecule has 0 bridgehead atoms. The van der Waals surface area contributed by atoms with Crippen molar-refractivity contribution in [3.63, 3.8) is 0 Å². The molecule has 0 aliphatic heterocycles. The van der Waals surface area contributed by atoms with Crippen LogP contribution in [-0.4, -0.2) is 65.2 Å². The zero-order valence-corrected chi connectivity index (χ0v) is 24.4. The molecule has 1 amide bonds. The number of halogens is 2. The van der Waals surface area contributed by atoms with Gasteiger partial charge in [0.05, 0.1) is 36.9 Å². The molecular weight excluding hydrogens is 600 g/mol. The van der Waals surface area contributed by atoms with E-state index in [4.69, 9.17) is 14.6 Å². The number of carbonyl (C=O) groups is 3. The Labute approximate surface area is 253 Å². The first-order valence-electron chi connectivity index (χ1n) is 13.9. The highest BCUT2D eigenvalue weighted by atomic mass is 32.1. The molecule has 0 atom stereocenters. The molecule has 1 aliphatic carbocycles. The number of thiazole rings is 1. The van der Waals surface area contributed by atoms with Crippen molar-refractivity contribution >= 4 is 34.9 Å². The molecule has 2 N–H and O–H groups in total. The summed E-state index contributed by atoms with van der Waals surface area (Å²) >= 11 is 1.17. The first-order chi connectivity index (χ1) is 21.2. The van der Waals surface area contributed by atoms with Crippen LogP contribution in [0.25, 0.3) is 22.0 Å². The number of hydrogen-bond donors (Lipinski definition) is 2. The van der Waals surface area contributed by atoms with Gasteiger partial charge in [-0.1, -0.05) is 0 Å². The average Bonchev–Trinajstić information content (AvgIpc) is 3.77. The van der Waals surface area contributed by atoms with Crippen molar-refractivity contribution in [1.82, 2.24) is 29.5 Å². The lowest BCUT2D eigenvalue weighted by Crippen LogP contribution is -2.24. The van der Waals surface area contributed by atoms with Crippen molar-refractivity contribution < 1.29 is 37.7 Å². The lowest BCUT2D eigenvalue weighted by Gasteiger charge is -2.28. The van der Waals surface area contributed by atoms with Crippen molar-refractivity contribution in [1.29, 1.82) is 0 Å². The second kappa shape index (κ2) is 13.8. The quantitative estimate of drug-likeness (QED) is 0.166. The van der Waals surface area contributed by atoms with Gasteiger partial charge in [0.1, 0.15) is 22.1 Å². The van der Waals surface area contributed by atoms with Gasteiger partial charge in [-0.15, -0.1) is 11.3 Å². The second-order valence-electron chi connectivity index (χ2n) is 10.0. The number of pyridine rings is 1. The molecular formula is C28H29F2N7O6S. The minimum absolute atomic E-state index is 0.00286. The molecule has 4 heterocycles. The van der Waals surface area contributed by atoms with Gasteiger partial charge in [0.2, 0.25) is 5.95 Å². The first-order valence-corrected chi connectivity index (χ1v) is 14.8. The topological polar surface area (TPSA) is 163 Å². The standard InChI is InChI=1S/C28H29F2N7O6S/c1-2-42-18-5-3-17(4-6-18)37-13-20(26(35-37)25-19(29)7-8-22(30)34-25)32-27(41)21-14-44-28(33-21)16-11-31-36(12-16)15-43-24(40)10-9-23(38)39/h7-8,11-14,17-18H,2-6,9-10,15H2,1H3,(H,32,41)(H,38,39)/t17-,18-. The maximum atomic E-state index is 14.8. The van der Waals surface area contributed by atoms with E-state index in [9.17, 15) is 23.2 Å². The SMILES string of the molecule is CCO[C@H]1CC[C@H](n2cc(NC(=O)c3csc(-c4cnn(COC(=O)CCC(=O)O)c4)n3)c(-c3nc(F)ccc3F)n2)CC1. The Hall–Kier alpha value is -4.57. The van der Waals surface area contributed by atoms with Crippen molar-refractivity contribution in [2.75, 3.05) is 11.9 Å². The van der Waals surface area contributed by atoms with Gasteiger partial charge in [-0.3, -0.25) is 19.1 Å². The predicted octanol–water partition coefficient (Wildman–Crippen LogP) is 4.68. The summed E-state index contributed by atoms with van der Waals surface area (Å²) in [5, 5.41) is 22.0. The van der Waals surface area contributed by atoms with Gasteiger partial charge < -0.3 is 19.9 Å². The van der Waals surface area contributed by atoms with E-state index < -0.39 is 29.6 Å². The Morgan fingerprint density at radius 1 is 1.09 bits per heavy atom. The lowest BCUT2D eigenvalue weighted by molar-refractivity contribution is -0.151.